The van der Waals surface area contributed by atoms with Gasteiger partial charge in [0.1, 0.15) is 20.0 Å². The van der Waals surface area contributed by atoms with Crippen molar-refractivity contribution in [1.82, 2.24) is 35.7 Å². The van der Waals surface area contributed by atoms with Gasteiger partial charge in [-0.15, -0.1) is 45.3 Å². The number of hydrogen-bond acceptors (Lipinski definition) is 20. The molecule has 0 unspecified atom stereocenters. The smallest absolute Gasteiger partial charge is 0.226 e. The van der Waals surface area contributed by atoms with Crippen molar-refractivity contribution < 1.29 is 38.0 Å². The highest BCUT2D eigenvalue weighted by atomic mass is 32.1. The van der Waals surface area contributed by atoms with Gasteiger partial charge in [0.05, 0.1) is 78.8 Å². The number of para-hydroxylation sites is 2. The standard InChI is InChI=1S/C49H59N5O4S2.C30H45N5O4S2/c1-37(2)54-29-25-41-44(36-54)60-48(46(41)47-52-42-22-12-13-23-43(42)59-47)53-45(55)24-28-50-26-14-30-56-32-34-58-35-33-57-31-15-27-51-49(38-16-6-3-7-17-38,39-18-8-4-9-19-39)40-20-10-5-11-21-40;1-22(2)35-14-10-23-26(21-35)41-30(28(23)29-33-24-7-3-4-8-25(24)40-29)34-27(36)9-13-32-12-6-16-38-18-20-39-19-17-37-15-5-11-31/h3-13,16-23,37,50-51H,14-15,24-36H2,1-2H3,(H,53,55);3-4,7-8,22,32H,5-6,9-21,31H2,1-2H3,(H,34,36). The fraction of sp³-hybridized carbons (Fsp3) is 0.468. The minimum Gasteiger partial charge on any atom is -0.379 e. The van der Waals surface area contributed by atoms with Gasteiger partial charge in [-0.2, -0.15) is 0 Å². The second-order valence-electron chi connectivity index (χ2n) is 25.8. The van der Waals surface area contributed by atoms with Gasteiger partial charge in [-0.3, -0.25) is 24.7 Å². The lowest BCUT2D eigenvalue weighted by molar-refractivity contribution is -0.116. The molecule has 0 aliphatic carbocycles. The van der Waals surface area contributed by atoms with Crippen LogP contribution in [0.3, 0.4) is 0 Å². The first kappa shape index (κ1) is 77.4. The van der Waals surface area contributed by atoms with Gasteiger partial charge in [-0.05, 0) is 144 Å². The number of thiazole rings is 2. The molecule has 0 saturated carbocycles. The van der Waals surface area contributed by atoms with Gasteiger partial charge >= 0.3 is 0 Å². The van der Waals surface area contributed by atoms with Crippen molar-refractivity contribution in [2.75, 3.05) is 142 Å². The Kier molecular flexibility index (Phi) is 32.1. The molecule has 542 valence electrons. The first-order valence-electron chi connectivity index (χ1n) is 36.2. The van der Waals surface area contributed by atoms with Crippen molar-refractivity contribution in [2.24, 2.45) is 5.73 Å². The van der Waals surface area contributed by atoms with Crippen molar-refractivity contribution >= 4 is 87.6 Å². The van der Waals surface area contributed by atoms with Crippen LogP contribution in [0.5, 0.6) is 0 Å². The average Bonchev–Trinajstić information content (AvgIpc) is 1.74. The van der Waals surface area contributed by atoms with Crippen molar-refractivity contribution in [3.63, 3.8) is 0 Å². The van der Waals surface area contributed by atoms with Gasteiger partial charge in [-0.1, -0.05) is 115 Å². The van der Waals surface area contributed by atoms with Crippen LogP contribution in [0.1, 0.15) is 104 Å². The van der Waals surface area contributed by atoms with Crippen LogP contribution in [0.2, 0.25) is 0 Å². The Morgan fingerprint density at radius 1 is 0.455 bits per heavy atom. The van der Waals surface area contributed by atoms with Crippen molar-refractivity contribution in [2.45, 2.75) is 110 Å². The van der Waals surface area contributed by atoms with E-state index in [4.69, 9.17) is 44.1 Å². The molecule has 6 heterocycles. The van der Waals surface area contributed by atoms with Gasteiger partial charge in [0, 0.05) is 112 Å². The van der Waals surface area contributed by atoms with E-state index in [0.29, 0.717) is 124 Å². The molecule has 7 N–H and O–H groups in total. The molecule has 4 aromatic heterocycles. The molecule has 22 heteroatoms. The number of fused-ring (bicyclic) bond motifs is 4. The van der Waals surface area contributed by atoms with E-state index in [0.717, 1.165) is 127 Å². The van der Waals surface area contributed by atoms with Crippen LogP contribution >= 0.6 is 45.3 Å². The normalized spacial score (nSPS) is 13.5. The van der Waals surface area contributed by atoms with Crippen LogP contribution < -0.4 is 32.3 Å². The molecule has 0 saturated heterocycles. The summed E-state index contributed by atoms with van der Waals surface area (Å²) in [5.74, 6) is 0.0500. The highest BCUT2D eigenvalue weighted by molar-refractivity contribution is 7.23. The Balaban J connectivity index is 0.000000234. The molecule has 2 amide bonds. The zero-order valence-corrected chi connectivity index (χ0v) is 62.7. The predicted molar refractivity (Wildman–Crippen MR) is 416 cm³/mol. The molecule has 11 rings (SSSR count). The Labute approximate surface area is 613 Å². The van der Waals surface area contributed by atoms with Crippen LogP contribution in [0.25, 0.3) is 41.6 Å². The molecule has 2 aliphatic rings. The van der Waals surface area contributed by atoms with E-state index in [1.54, 1.807) is 45.3 Å². The van der Waals surface area contributed by atoms with E-state index in [1.165, 1.54) is 47.0 Å². The maximum Gasteiger partial charge on any atom is 0.226 e. The summed E-state index contributed by atoms with van der Waals surface area (Å²) in [6.07, 6.45) is 6.27. The molecule has 9 aromatic rings. The number of hydrogen-bond donors (Lipinski definition) is 6. The van der Waals surface area contributed by atoms with Crippen LogP contribution in [-0.2, 0) is 69.5 Å². The largest absolute Gasteiger partial charge is 0.379 e. The molecule has 101 heavy (non-hydrogen) atoms. The van der Waals surface area contributed by atoms with Crippen molar-refractivity contribution in [3.05, 3.63) is 177 Å². The number of nitrogens with two attached hydrogens (primary N) is 1. The lowest BCUT2D eigenvalue weighted by Crippen LogP contribution is -2.45. The van der Waals surface area contributed by atoms with E-state index >= 15 is 0 Å². The Hall–Kier alpha value is -6.26. The maximum atomic E-state index is 13.2. The number of aromatic nitrogens is 2. The first-order chi connectivity index (χ1) is 49.6. The monoisotopic (exact) mass is 1450 g/mol. The quantitative estimate of drug-likeness (QED) is 0.0155. The fourth-order valence-corrected chi connectivity index (χ4v) is 17.3. The highest BCUT2D eigenvalue weighted by Crippen LogP contribution is 2.48. The van der Waals surface area contributed by atoms with Gasteiger partial charge in [-0.25, -0.2) is 9.97 Å². The van der Waals surface area contributed by atoms with E-state index in [2.05, 4.69) is 185 Å². The van der Waals surface area contributed by atoms with E-state index in [9.17, 15) is 9.59 Å². The van der Waals surface area contributed by atoms with Crippen LogP contribution in [-0.4, -0.2) is 175 Å². The second-order valence-corrected chi connectivity index (χ2v) is 30.0. The van der Waals surface area contributed by atoms with Gasteiger partial charge < -0.3 is 55.4 Å². The van der Waals surface area contributed by atoms with Crippen molar-refractivity contribution in [3.8, 4) is 21.1 Å². The summed E-state index contributed by atoms with van der Waals surface area (Å²) < 4.78 is 36.3. The minimum atomic E-state index is -0.468. The van der Waals surface area contributed by atoms with E-state index in [1.807, 2.05) is 18.2 Å². The topological polar surface area (TPSA) is 208 Å². The minimum absolute atomic E-state index is 0.0226. The summed E-state index contributed by atoms with van der Waals surface area (Å²) in [4.78, 5) is 43.7. The number of carbonyl (C=O) groups excluding carboxylic acids is 2. The number of rotatable bonds is 43. The lowest BCUT2D eigenvalue weighted by Gasteiger charge is -2.37. The first-order valence-corrected chi connectivity index (χ1v) is 39.4. The molecule has 18 nitrogen and oxygen atoms in total. The van der Waals surface area contributed by atoms with E-state index in [-0.39, 0.29) is 11.8 Å². The van der Waals surface area contributed by atoms with Crippen molar-refractivity contribution in [1.29, 1.82) is 0 Å². The van der Waals surface area contributed by atoms with Crippen LogP contribution in [0.15, 0.2) is 140 Å². The Morgan fingerprint density at radius 2 is 0.812 bits per heavy atom. The molecule has 0 spiro atoms. The van der Waals surface area contributed by atoms with Crippen LogP contribution in [0, 0.1) is 0 Å². The lowest BCUT2D eigenvalue weighted by atomic mass is 9.77. The SMILES string of the molecule is CC(C)N1CCc2c(sc(NC(=O)CCNCCCOCCOCCOCCCN)c2-c2nc3ccccc3s2)C1.CC(C)N1CCc2c(sc(NC(=O)CCNCCCOCCOCCOCCCNC(c3ccccc3)(c3ccccc3)c3ccccc3)c2-c2nc3ccccc3s2)C1. The zero-order valence-electron chi connectivity index (χ0n) is 59.4. The number of ether oxygens (including phenoxy) is 6. The number of benzene rings is 5. The summed E-state index contributed by atoms with van der Waals surface area (Å²) >= 11 is 6.84. The van der Waals surface area contributed by atoms with Gasteiger partial charge in [0.2, 0.25) is 11.8 Å². The summed E-state index contributed by atoms with van der Waals surface area (Å²) in [5, 5.41) is 21.0. The van der Waals surface area contributed by atoms with Crippen LogP contribution in [0.4, 0.5) is 10.0 Å². The molecule has 0 bridgehead atoms. The number of anilines is 2. The molecule has 0 fully saturated rings. The molecular formula is C79H104N10O8S4. The summed E-state index contributed by atoms with van der Waals surface area (Å²) in [6, 6.07) is 49.5. The highest BCUT2D eigenvalue weighted by Gasteiger charge is 2.36. The summed E-state index contributed by atoms with van der Waals surface area (Å²) in [6.45, 7) is 24.2. The Bertz CT molecular complexity index is 3720. The average molecular weight is 1450 g/mol. The number of amides is 2. The fourth-order valence-electron chi connectivity index (χ4n) is 12.5. The van der Waals surface area contributed by atoms with Gasteiger partial charge in [0.25, 0.3) is 0 Å². The molecule has 0 radical (unpaired) electrons. The third-order valence-corrected chi connectivity index (χ3v) is 22.3. The van der Waals surface area contributed by atoms with E-state index < -0.39 is 5.54 Å². The molecule has 2 aliphatic heterocycles. The third-order valence-electron chi connectivity index (χ3n) is 18.0. The predicted octanol–water partition coefficient (Wildman–Crippen LogP) is 13.6. The molecule has 5 aromatic carbocycles. The maximum absolute atomic E-state index is 13.2. The Morgan fingerprint density at radius 3 is 1.19 bits per heavy atom. The number of carbonyl (C=O) groups is 2. The molecule has 0 atom stereocenters. The van der Waals surface area contributed by atoms with Gasteiger partial charge in [0.15, 0.2) is 0 Å². The summed E-state index contributed by atoms with van der Waals surface area (Å²) in [7, 11) is 0. The number of nitrogens with zero attached hydrogens (tertiary/aromatic N) is 4. The second kappa shape index (κ2) is 41.9. The number of thiophene rings is 2. The number of nitrogens with one attached hydrogen (secondary N) is 5. The third kappa shape index (κ3) is 22.9. The zero-order chi connectivity index (χ0) is 70.3. The molecular weight excluding hydrogens is 1350 g/mol. The summed E-state index contributed by atoms with van der Waals surface area (Å²) in [5.41, 5.74) is 15.5.